The van der Waals surface area contributed by atoms with E-state index in [0.717, 1.165) is 0 Å². The summed E-state index contributed by atoms with van der Waals surface area (Å²) >= 11 is 0. The van der Waals surface area contributed by atoms with Crippen molar-refractivity contribution >= 4 is 23.8 Å². The maximum Gasteiger partial charge on any atom is 0.490 e. The van der Waals surface area contributed by atoms with E-state index in [1.165, 1.54) is 6.92 Å². The van der Waals surface area contributed by atoms with Crippen LogP contribution in [0, 0.1) is 11.8 Å². The third-order valence-corrected chi connectivity index (χ3v) is 2.87. The number of aliphatic carboxylic acids is 2. The van der Waals surface area contributed by atoms with Crippen molar-refractivity contribution in [2.45, 2.75) is 59.3 Å². The first kappa shape index (κ1) is 25.9. The fourth-order valence-electron chi connectivity index (χ4n) is 1.71. The summed E-state index contributed by atoms with van der Waals surface area (Å²) in [7, 11) is 0. The van der Waals surface area contributed by atoms with Gasteiger partial charge in [0, 0.05) is 6.92 Å². The Morgan fingerprint density at radius 2 is 1.38 bits per heavy atom. The monoisotopic (exact) mass is 398 g/mol. The number of nitrogens with one attached hydrogen (secondary N) is 2. The summed E-state index contributed by atoms with van der Waals surface area (Å²) in [6, 6.07) is -1.64. The fraction of sp³-hybridized carbons (Fsp3) is 0.733. The zero-order valence-corrected chi connectivity index (χ0v) is 15.2. The van der Waals surface area contributed by atoms with E-state index < -0.39 is 36.1 Å². The van der Waals surface area contributed by atoms with Crippen LogP contribution in [0.2, 0.25) is 0 Å². The van der Waals surface area contributed by atoms with Crippen molar-refractivity contribution in [2.75, 3.05) is 0 Å². The Labute approximate surface area is 149 Å². The number of carbonyl (C=O) groups is 4. The maximum absolute atomic E-state index is 12.0. The van der Waals surface area contributed by atoms with Gasteiger partial charge in [-0.25, -0.2) is 9.59 Å². The summed E-state index contributed by atoms with van der Waals surface area (Å²) in [5, 5.41) is 21.2. The molecule has 0 saturated heterocycles. The summed E-state index contributed by atoms with van der Waals surface area (Å²) in [5.41, 5.74) is 0. The van der Waals surface area contributed by atoms with Crippen LogP contribution in [0.3, 0.4) is 0 Å². The summed E-state index contributed by atoms with van der Waals surface area (Å²) in [4.78, 5) is 43.1. The van der Waals surface area contributed by atoms with Crippen LogP contribution in [0.1, 0.15) is 41.0 Å². The van der Waals surface area contributed by atoms with Crippen molar-refractivity contribution in [1.29, 1.82) is 0 Å². The lowest BCUT2D eigenvalue weighted by molar-refractivity contribution is -0.192. The molecule has 0 aliphatic heterocycles. The standard InChI is InChI=1S/C13H24N2O4.C2HF3O2/c1-7(2)6-10(13(18)19)15-12(17)11(8(3)4)14-9(5)16;3-2(4,5)1(6)7/h7-8,10-11H,6H2,1-5H3,(H,14,16)(H,15,17)(H,18,19);(H,6,7)/t10-,11-;/m0./s1/i1+1,2+1,3+1,4+1,6+1,7+1,8+1,10+1,11+1,12+1,13+1,14+1;. The zero-order chi connectivity index (χ0) is 21.2. The third kappa shape index (κ3) is 12.1. The highest BCUT2D eigenvalue weighted by Crippen LogP contribution is 2.13. The van der Waals surface area contributed by atoms with Gasteiger partial charge >= 0.3 is 18.1 Å². The molecule has 8 nitrogen and oxygen atoms in total. The van der Waals surface area contributed by atoms with E-state index in [0.29, 0.717) is 6.42 Å². The quantitative estimate of drug-likeness (QED) is 0.379. The normalized spacial score (nSPS) is 13.3. The predicted octanol–water partition coefficient (Wildman–Crippen LogP) is 1.40. The average Bonchev–Trinajstić information content (AvgIpc) is 2.42. The van der Waals surface area contributed by atoms with Crippen LogP contribution in [0.4, 0.5) is 13.2 Å². The minimum absolute atomic E-state index is 0.114. The van der Waals surface area contributed by atoms with Crippen LogP contribution >= 0.6 is 0 Å². The molecule has 152 valence electrons. The summed E-state index contributed by atoms with van der Waals surface area (Å²) in [6.45, 7) is 8.67. The Hall–Kier alpha value is -2.33. The topological polar surface area (TPSA) is 133 Å². The number of carbonyl (C=O) groups excluding carboxylic acids is 2. The van der Waals surface area contributed by atoms with Crippen LogP contribution in [-0.4, -0.2) is 52.2 Å². The van der Waals surface area contributed by atoms with Gasteiger partial charge < -0.3 is 20.8 Å². The number of amides is 2. The van der Waals surface area contributed by atoms with Gasteiger partial charge in [-0.05, 0) is 18.3 Å². The smallest absolute Gasteiger partial charge is 0.480 e. The van der Waals surface area contributed by atoms with Crippen LogP contribution in [0.25, 0.3) is 0 Å². The van der Waals surface area contributed by atoms with Crippen molar-refractivity contribution in [2.24, 2.45) is 11.8 Å². The lowest BCUT2D eigenvalue weighted by Crippen LogP contribution is -2.53. The molecule has 0 aliphatic carbocycles. The van der Waals surface area contributed by atoms with Crippen molar-refractivity contribution < 1.29 is 42.6 Å². The molecular formula is C15H25F3N2O6. The Kier molecular flexibility index (Phi) is 11.3. The van der Waals surface area contributed by atoms with E-state index in [1.807, 2.05) is 13.8 Å². The number of rotatable bonds is 7. The second-order valence-corrected chi connectivity index (χ2v) is 6.25. The van der Waals surface area contributed by atoms with Gasteiger partial charge in [0.25, 0.3) is 0 Å². The molecule has 26 heavy (non-hydrogen) atoms. The molecule has 4 N–H and O–H groups in total. The number of hydrogen-bond acceptors (Lipinski definition) is 4. The highest BCUT2D eigenvalue weighted by Gasteiger charge is 2.38. The first-order valence-corrected chi connectivity index (χ1v) is 7.69. The second-order valence-electron chi connectivity index (χ2n) is 6.25. The molecule has 0 aliphatic rings. The van der Waals surface area contributed by atoms with E-state index in [9.17, 15) is 27.6 Å². The van der Waals surface area contributed by atoms with E-state index in [4.69, 9.17) is 15.0 Å². The van der Waals surface area contributed by atoms with Crippen molar-refractivity contribution in [1.82, 2.24) is 10.6 Å². The molecule has 0 rings (SSSR count). The van der Waals surface area contributed by atoms with Crippen LogP contribution in [0.15, 0.2) is 0 Å². The lowest BCUT2D eigenvalue weighted by Gasteiger charge is -2.24. The molecule has 0 spiro atoms. The highest BCUT2D eigenvalue weighted by atomic mass is 19.4. The van der Waals surface area contributed by atoms with Gasteiger partial charge in [0.05, 0.1) is 0 Å². The van der Waals surface area contributed by atoms with E-state index in [1.54, 1.807) is 13.8 Å². The van der Waals surface area contributed by atoms with E-state index in [2.05, 4.69) is 10.6 Å². The lowest BCUT2D eigenvalue weighted by atomic mass is 10.7. The highest BCUT2D eigenvalue weighted by molar-refractivity contribution is 5.90. The fourth-order valence-corrected chi connectivity index (χ4v) is 1.71. The number of carboxylic acids is 2. The number of halogens is 3. The molecule has 0 radical (unpaired) electrons. The van der Waals surface area contributed by atoms with E-state index >= 15 is 0 Å². The van der Waals surface area contributed by atoms with E-state index in [-0.39, 0.29) is 17.7 Å². The summed E-state index contributed by atoms with van der Waals surface area (Å²) in [5.74, 6) is -4.56. The van der Waals surface area contributed by atoms with Crippen molar-refractivity contribution in [3.63, 3.8) is 0 Å². The maximum atomic E-state index is 12.0. The number of carboxylic acid groups (broad SMARTS) is 2. The second kappa shape index (κ2) is 11.3. The number of hydrogen-bond donors (Lipinski definition) is 4. The minimum Gasteiger partial charge on any atom is -0.480 e. The minimum atomic E-state index is -5.08. The molecule has 0 saturated carbocycles. The molecule has 0 aromatic rings. The van der Waals surface area contributed by atoms with Crippen molar-refractivity contribution in [3.8, 4) is 0 Å². The van der Waals surface area contributed by atoms with Gasteiger partial charge in [0.15, 0.2) is 0 Å². The van der Waals surface area contributed by atoms with Gasteiger partial charge in [-0.15, -0.1) is 0 Å². The Morgan fingerprint density at radius 1 is 0.962 bits per heavy atom. The molecule has 0 fully saturated rings. The van der Waals surface area contributed by atoms with Gasteiger partial charge in [-0.3, -0.25) is 9.59 Å². The first-order valence-electron chi connectivity index (χ1n) is 7.69. The number of alkyl halides is 3. The van der Waals surface area contributed by atoms with Crippen LogP contribution in [-0.2, 0) is 19.2 Å². The Morgan fingerprint density at radius 3 is 1.62 bits per heavy atom. The summed E-state index contributed by atoms with van der Waals surface area (Å²) < 4.78 is 31.7. The molecule has 0 aromatic carbocycles. The van der Waals surface area contributed by atoms with Crippen LogP contribution < -0.4 is 10.6 Å². The molecule has 2 atom stereocenters. The van der Waals surface area contributed by atoms with Gasteiger partial charge in [-0.1, -0.05) is 27.7 Å². The Bertz CT molecular complexity index is 506. The molecule has 11 heteroatoms. The molecule has 0 bridgehead atoms. The van der Waals surface area contributed by atoms with Crippen molar-refractivity contribution in [3.05, 3.63) is 0 Å². The van der Waals surface area contributed by atoms with Gasteiger partial charge in [0.1, 0.15) is 12.1 Å². The van der Waals surface area contributed by atoms with Crippen LogP contribution in [0.5, 0.6) is 0 Å². The molecule has 0 unspecified atom stereocenters. The molecule has 2 amide bonds. The Balaban J connectivity index is 0. The average molecular weight is 398 g/mol. The molecule has 0 aromatic heterocycles. The first-order chi connectivity index (χ1) is 11.6. The zero-order valence-electron chi connectivity index (χ0n) is 15.2. The molecule has 0 heterocycles. The summed E-state index contributed by atoms with van der Waals surface area (Å²) in [6.07, 6.45) is -4.73. The molecular weight excluding hydrogens is 373 g/mol. The SMILES string of the molecule is CC(=O)[15NH][13C@H]([13C](=O)N[13C@@H]([13CH2][13CH]([13CH3])[13CH3])[13C](=O)O)[13CH]([13CH3])[13CH3].O=C(O)C(F)(F)F. The third-order valence-electron chi connectivity index (χ3n) is 2.87. The predicted molar refractivity (Wildman–Crippen MR) is 85.2 cm³/mol. The van der Waals surface area contributed by atoms with Gasteiger partial charge in [-0.2, -0.15) is 13.2 Å². The largest absolute Gasteiger partial charge is 0.490 e. The van der Waals surface area contributed by atoms with Gasteiger partial charge in [0.2, 0.25) is 11.8 Å².